The Bertz CT molecular complexity index is 609. The highest BCUT2D eigenvalue weighted by atomic mass is 16.6. The Kier molecular flexibility index (Phi) is 4.64. The average molecular weight is 304 g/mol. The van der Waals surface area contributed by atoms with Crippen LogP contribution < -0.4 is 4.90 Å². The second-order valence-corrected chi connectivity index (χ2v) is 6.02. The fraction of sp³-hybridized carbons (Fsp3) is 0.533. The second kappa shape index (κ2) is 6.30. The first-order chi connectivity index (χ1) is 10.4. The SMILES string of the molecule is CC1(C)CN(c2ccc(C#N)cc2[N+](=O)[O-])CCN1CCO. The summed E-state index contributed by atoms with van der Waals surface area (Å²) in [5.41, 5.74) is 0.600. The molecule has 0 saturated carbocycles. The highest BCUT2D eigenvalue weighted by molar-refractivity contribution is 5.66. The summed E-state index contributed by atoms with van der Waals surface area (Å²) < 4.78 is 0. The van der Waals surface area contributed by atoms with Gasteiger partial charge in [-0.1, -0.05) is 0 Å². The number of nitro benzene ring substituents is 1. The van der Waals surface area contributed by atoms with Crippen molar-refractivity contribution >= 4 is 11.4 Å². The van der Waals surface area contributed by atoms with E-state index in [2.05, 4.69) is 18.7 Å². The van der Waals surface area contributed by atoms with Gasteiger partial charge >= 0.3 is 0 Å². The largest absolute Gasteiger partial charge is 0.395 e. The molecule has 0 spiro atoms. The minimum absolute atomic E-state index is 0.0366. The lowest BCUT2D eigenvalue weighted by atomic mass is 9.98. The van der Waals surface area contributed by atoms with E-state index in [-0.39, 0.29) is 23.4 Å². The van der Waals surface area contributed by atoms with Gasteiger partial charge in [0, 0.05) is 37.8 Å². The van der Waals surface area contributed by atoms with Crippen molar-refractivity contribution in [3.8, 4) is 6.07 Å². The highest BCUT2D eigenvalue weighted by Gasteiger charge is 2.35. The maximum Gasteiger partial charge on any atom is 0.293 e. The molecule has 1 aliphatic heterocycles. The third kappa shape index (κ3) is 3.18. The third-order valence-corrected chi connectivity index (χ3v) is 4.09. The van der Waals surface area contributed by atoms with Crippen LogP contribution in [0, 0.1) is 21.4 Å². The Labute approximate surface area is 129 Å². The molecule has 1 aromatic carbocycles. The molecule has 0 bridgehead atoms. The van der Waals surface area contributed by atoms with Gasteiger partial charge in [-0.2, -0.15) is 5.26 Å². The number of β-amino-alcohol motifs (C(OH)–C–C–N with tert-alkyl or cyclic N) is 1. The maximum absolute atomic E-state index is 11.3. The van der Waals surface area contributed by atoms with Crippen LogP contribution in [0.4, 0.5) is 11.4 Å². The molecule has 1 aromatic rings. The topological polar surface area (TPSA) is 93.6 Å². The van der Waals surface area contributed by atoms with Crippen molar-refractivity contribution in [2.45, 2.75) is 19.4 Å². The minimum atomic E-state index is -0.441. The van der Waals surface area contributed by atoms with Gasteiger partial charge in [0.05, 0.1) is 23.2 Å². The zero-order chi connectivity index (χ0) is 16.3. The van der Waals surface area contributed by atoms with Crippen LogP contribution in [0.5, 0.6) is 0 Å². The normalized spacial score (nSPS) is 18.0. The van der Waals surface area contributed by atoms with E-state index in [1.165, 1.54) is 6.07 Å². The standard InChI is InChI=1S/C15H20N4O3/c1-15(2)11-17(5-6-18(15)7-8-20)13-4-3-12(10-16)9-14(13)19(21)22/h3-4,9,20H,5-8,11H2,1-2H3. The van der Waals surface area contributed by atoms with Crippen molar-refractivity contribution in [3.63, 3.8) is 0 Å². The van der Waals surface area contributed by atoms with Gasteiger partial charge in [-0.3, -0.25) is 15.0 Å². The molecule has 1 saturated heterocycles. The van der Waals surface area contributed by atoms with E-state index in [1.54, 1.807) is 12.1 Å². The number of nitro groups is 1. The van der Waals surface area contributed by atoms with E-state index in [4.69, 9.17) is 10.4 Å². The van der Waals surface area contributed by atoms with Crippen molar-refractivity contribution in [3.05, 3.63) is 33.9 Å². The lowest BCUT2D eigenvalue weighted by Crippen LogP contribution is -2.60. The Morgan fingerprint density at radius 3 is 2.73 bits per heavy atom. The van der Waals surface area contributed by atoms with Crippen LogP contribution in [-0.4, -0.2) is 53.3 Å². The summed E-state index contributed by atoms with van der Waals surface area (Å²) in [4.78, 5) is 15.0. The first kappa shape index (κ1) is 16.2. The number of benzene rings is 1. The maximum atomic E-state index is 11.3. The van der Waals surface area contributed by atoms with Crippen LogP contribution in [0.3, 0.4) is 0 Å². The number of hydrogen-bond donors (Lipinski definition) is 1. The van der Waals surface area contributed by atoms with E-state index in [0.29, 0.717) is 25.3 Å². The van der Waals surface area contributed by atoms with Crippen LogP contribution in [0.25, 0.3) is 0 Å². The molecule has 1 fully saturated rings. The molecule has 0 aromatic heterocycles. The van der Waals surface area contributed by atoms with Gasteiger partial charge in [0.1, 0.15) is 5.69 Å². The highest BCUT2D eigenvalue weighted by Crippen LogP contribution is 2.33. The summed E-state index contributed by atoms with van der Waals surface area (Å²) >= 11 is 0. The van der Waals surface area contributed by atoms with Crippen molar-refractivity contribution in [2.24, 2.45) is 0 Å². The number of aliphatic hydroxyl groups excluding tert-OH is 1. The summed E-state index contributed by atoms with van der Waals surface area (Å²) in [6.07, 6.45) is 0. The number of nitriles is 1. The van der Waals surface area contributed by atoms with E-state index >= 15 is 0 Å². The predicted octanol–water partition coefficient (Wildman–Crippen LogP) is 1.36. The lowest BCUT2D eigenvalue weighted by Gasteiger charge is -2.47. The van der Waals surface area contributed by atoms with Crippen LogP contribution in [0.1, 0.15) is 19.4 Å². The quantitative estimate of drug-likeness (QED) is 0.667. The van der Waals surface area contributed by atoms with Gasteiger partial charge in [-0.05, 0) is 26.0 Å². The minimum Gasteiger partial charge on any atom is -0.395 e. The number of anilines is 1. The molecule has 0 atom stereocenters. The number of rotatable bonds is 4. The third-order valence-electron chi connectivity index (χ3n) is 4.09. The van der Waals surface area contributed by atoms with E-state index in [9.17, 15) is 10.1 Å². The molecule has 22 heavy (non-hydrogen) atoms. The smallest absolute Gasteiger partial charge is 0.293 e. The second-order valence-electron chi connectivity index (χ2n) is 6.02. The molecular weight excluding hydrogens is 284 g/mol. The van der Waals surface area contributed by atoms with Crippen LogP contribution >= 0.6 is 0 Å². The molecule has 118 valence electrons. The molecule has 1 N–H and O–H groups in total. The molecule has 0 unspecified atom stereocenters. The summed E-state index contributed by atoms with van der Waals surface area (Å²) in [5.74, 6) is 0. The van der Waals surface area contributed by atoms with Crippen molar-refractivity contribution in [2.75, 3.05) is 37.7 Å². The molecule has 0 aliphatic carbocycles. The zero-order valence-electron chi connectivity index (χ0n) is 12.8. The molecule has 2 rings (SSSR count). The molecule has 0 amide bonds. The van der Waals surface area contributed by atoms with E-state index in [0.717, 1.165) is 6.54 Å². The summed E-state index contributed by atoms with van der Waals surface area (Å²) in [6.45, 7) is 6.81. The summed E-state index contributed by atoms with van der Waals surface area (Å²) in [6, 6.07) is 6.51. The Hall–Kier alpha value is -2.17. The molecule has 7 nitrogen and oxygen atoms in total. The lowest BCUT2D eigenvalue weighted by molar-refractivity contribution is -0.384. The van der Waals surface area contributed by atoms with Gasteiger partial charge in [0.2, 0.25) is 0 Å². The summed E-state index contributed by atoms with van der Waals surface area (Å²) in [7, 11) is 0. The first-order valence-electron chi connectivity index (χ1n) is 7.18. The van der Waals surface area contributed by atoms with Gasteiger partial charge < -0.3 is 10.0 Å². The van der Waals surface area contributed by atoms with E-state index < -0.39 is 4.92 Å². The van der Waals surface area contributed by atoms with E-state index in [1.807, 2.05) is 11.0 Å². The molecule has 0 radical (unpaired) electrons. The van der Waals surface area contributed by atoms with Crippen LogP contribution in [0.15, 0.2) is 18.2 Å². The molecular formula is C15H20N4O3. The molecule has 1 aliphatic rings. The first-order valence-corrected chi connectivity index (χ1v) is 7.18. The van der Waals surface area contributed by atoms with Crippen LogP contribution in [0.2, 0.25) is 0 Å². The van der Waals surface area contributed by atoms with Gasteiger partial charge in [-0.15, -0.1) is 0 Å². The Morgan fingerprint density at radius 2 is 2.18 bits per heavy atom. The van der Waals surface area contributed by atoms with Gasteiger partial charge in [0.25, 0.3) is 5.69 Å². The average Bonchev–Trinajstić information content (AvgIpc) is 2.48. The monoisotopic (exact) mass is 304 g/mol. The Balaban J connectivity index is 2.30. The van der Waals surface area contributed by atoms with Crippen LogP contribution in [-0.2, 0) is 0 Å². The van der Waals surface area contributed by atoms with Crippen molar-refractivity contribution in [1.29, 1.82) is 5.26 Å². The Morgan fingerprint density at radius 1 is 1.45 bits per heavy atom. The fourth-order valence-electron chi connectivity index (χ4n) is 2.94. The number of piperazine rings is 1. The predicted molar refractivity (Wildman–Crippen MR) is 82.8 cm³/mol. The van der Waals surface area contributed by atoms with Gasteiger partial charge in [-0.25, -0.2) is 0 Å². The zero-order valence-corrected chi connectivity index (χ0v) is 12.8. The van der Waals surface area contributed by atoms with Crippen molar-refractivity contribution in [1.82, 2.24) is 4.90 Å². The van der Waals surface area contributed by atoms with Gasteiger partial charge in [0.15, 0.2) is 0 Å². The van der Waals surface area contributed by atoms with Crippen molar-refractivity contribution < 1.29 is 10.0 Å². The molecule has 7 heteroatoms. The number of hydrogen-bond acceptors (Lipinski definition) is 6. The number of aliphatic hydroxyl groups is 1. The summed E-state index contributed by atoms with van der Waals surface area (Å²) in [5, 5.41) is 29.3. The fourth-order valence-corrected chi connectivity index (χ4v) is 2.94. The molecule has 1 heterocycles. The number of nitrogens with zero attached hydrogens (tertiary/aromatic N) is 4.